The van der Waals surface area contributed by atoms with E-state index in [0.717, 1.165) is 43.3 Å². The zero-order valence-electron chi connectivity index (χ0n) is 15.0. The second kappa shape index (κ2) is 7.72. The van der Waals surface area contributed by atoms with Crippen LogP contribution in [-0.4, -0.2) is 29.4 Å². The highest BCUT2D eigenvalue weighted by Gasteiger charge is 2.31. The van der Waals surface area contributed by atoms with Gasteiger partial charge < -0.3 is 15.6 Å². The van der Waals surface area contributed by atoms with Crippen LogP contribution in [0.5, 0.6) is 0 Å². The molecular formula is C20H27N3O2. The first kappa shape index (κ1) is 17.5. The molecule has 0 radical (unpaired) electrons. The number of H-pyrrole nitrogens is 1. The molecule has 2 amide bonds. The van der Waals surface area contributed by atoms with Gasteiger partial charge in [-0.1, -0.05) is 31.0 Å². The quantitative estimate of drug-likeness (QED) is 0.756. The number of rotatable bonds is 6. The highest BCUT2D eigenvalue weighted by molar-refractivity contribution is 5.87. The van der Waals surface area contributed by atoms with Gasteiger partial charge in [-0.3, -0.25) is 9.59 Å². The van der Waals surface area contributed by atoms with Crippen molar-refractivity contribution >= 4 is 22.7 Å². The molecule has 2 aromatic rings. The molecule has 0 bridgehead atoms. The number of carbonyl (C=O) groups is 2. The van der Waals surface area contributed by atoms with Gasteiger partial charge in [0, 0.05) is 30.1 Å². The first-order valence-corrected chi connectivity index (χ1v) is 9.17. The molecule has 1 heterocycles. The number of nitrogens with one attached hydrogen (secondary N) is 3. The number of aromatic nitrogens is 1. The van der Waals surface area contributed by atoms with Crippen LogP contribution in [0, 0.1) is 12.8 Å². The van der Waals surface area contributed by atoms with Gasteiger partial charge in [-0.15, -0.1) is 0 Å². The topological polar surface area (TPSA) is 74.0 Å². The Labute approximate surface area is 148 Å². The number of benzene rings is 1. The van der Waals surface area contributed by atoms with Crippen LogP contribution in [-0.2, 0) is 16.0 Å². The highest BCUT2D eigenvalue weighted by Crippen LogP contribution is 2.28. The molecule has 25 heavy (non-hydrogen) atoms. The average Bonchev–Trinajstić information content (AvgIpc) is 3.20. The molecule has 1 aromatic carbocycles. The lowest BCUT2D eigenvalue weighted by atomic mass is 9.97. The molecule has 1 aromatic heterocycles. The van der Waals surface area contributed by atoms with Crippen LogP contribution < -0.4 is 10.6 Å². The number of aromatic amines is 1. The summed E-state index contributed by atoms with van der Waals surface area (Å²) in [6.45, 7) is 4.12. The summed E-state index contributed by atoms with van der Waals surface area (Å²) in [5.74, 6) is 0.0674. The van der Waals surface area contributed by atoms with Gasteiger partial charge in [0.1, 0.15) is 6.04 Å². The summed E-state index contributed by atoms with van der Waals surface area (Å²) in [7, 11) is 0. The van der Waals surface area contributed by atoms with Gasteiger partial charge in [0.15, 0.2) is 0 Å². The first-order chi connectivity index (χ1) is 12.1. The van der Waals surface area contributed by atoms with Crippen LogP contribution in [0.15, 0.2) is 24.3 Å². The summed E-state index contributed by atoms with van der Waals surface area (Å²) in [6, 6.07) is 7.82. The van der Waals surface area contributed by atoms with Crippen molar-refractivity contribution in [3.63, 3.8) is 0 Å². The van der Waals surface area contributed by atoms with E-state index < -0.39 is 6.04 Å². The lowest BCUT2D eigenvalue weighted by Gasteiger charge is -2.23. The fraction of sp³-hybridized carbons (Fsp3) is 0.500. The van der Waals surface area contributed by atoms with Crippen LogP contribution in [0.1, 0.15) is 43.9 Å². The molecule has 1 atom stereocenters. The zero-order valence-corrected chi connectivity index (χ0v) is 15.0. The molecule has 5 heteroatoms. The standard InChI is InChI=1S/C20H27N3O2/c1-13-16(17-9-5-6-10-18(17)22-13)11-12-21-20(25)19(23-14(2)24)15-7-3-4-8-15/h5-6,9-10,15,19,22H,3-4,7-8,11-12H2,1-2H3,(H,21,25)(H,23,24)/t19-/m1/s1. The molecule has 3 N–H and O–H groups in total. The average molecular weight is 341 g/mol. The Morgan fingerprint density at radius 3 is 2.68 bits per heavy atom. The first-order valence-electron chi connectivity index (χ1n) is 9.17. The van der Waals surface area contributed by atoms with Crippen LogP contribution in [0.4, 0.5) is 0 Å². The minimum Gasteiger partial charge on any atom is -0.358 e. The normalized spacial score (nSPS) is 16.1. The second-order valence-electron chi connectivity index (χ2n) is 7.04. The third-order valence-electron chi connectivity index (χ3n) is 5.21. The fourth-order valence-corrected chi connectivity index (χ4v) is 3.98. The van der Waals surface area contributed by atoms with E-state index in [9.17, 15) is 9.59 Å². The molecule has 0 unspecified atom stereocenters. The van der Waals surface area contributed by atoms with Crippen molar-refractivity contribution in [1.29, 1.82) is 0 Å². The van der Waals surface area contributed by atoms with Gasteiger partial charge in [-0.05, 0) is 43.7 Å². The van der Waals surface area contributed by atoms with Gasteiger partial charge in [-0.25, -0.2) is 0 Å². The summed E-state index contributed by atoms with van der Waals surface area (Å²) in [5, 5.41) is 7.09. The second-order valence-corrected chi connectivity index (χ2v) is 7.04. The summed E-state index contributed by atoms with van der Waals surface area (Å²) in [4.78, 5) is 27.5. The molecule has 0 aliphatic heterocycles. The maximum absolute atomic E-state index is 12.6. The maximum atomic E-state index is 12.6. The molecule has 1 aliphatic rings. The molecule has 0 spiro atoms. The Kier molecular flexibility index (Phi) is 5.41. The van der Waals surface area contributed by atoms with Crippen LogP contribution >= 0.6 is 0 Å². The zero-order chi connectivity index (χ0) is 17.8. The van der Waals surface area contributed by atoms with Crippen LogP contribution in [0.3, 0.4) is 0 Å². The SMILES string of the molecule is CC(=O)N[C@@H](C(=O)NCCc1c(C)[nH]c2ccccc12)C1CCCC1. The van der Waals surface area contributed by atoms with Crippen molar-refractivity contribution in [2.75, 3.05) is 6.54 Å². The van der Waals surface area contributed by atoms with Crippen LogP contribution in [0.2, 0.25) is 0 Å². The van der Waals surface area contributed by atoms with E-state index in [4.69, 9.17) is 0 Å². The Morgan fingerprint density at radius 2 is 1.96 bits per heavy atom. The predicted octanol–water partition coefficient (Wildman–Crippen LogP) is 2.83. The third-order valence-corrected chi connectivity index (χ3v) is 5.21. The third kappa shape index (κ3) is 4.03. The summed E-state index contributed by atoms with van der Waals surface area (Å²) < 4.78 is 0. The Balaban J connectivity index is 1.62. The van der Waals surface area contributed by atoms with Crippen molar-refractivity contribution in [2.45, 2.75) is 52.0 Å². The van der Waals surface area contributed by atoms with Gasteiger partial charge in [0.2, 0.25) is 11.8 Å². The molecule has 5 nitrogen and oxygen atoms in total. The van der Waals surface area contributed by atoms with E-state index in [1.807, 2.05) is 12.1 Å². The molecule has 1 saturated carbocycles. The lowest BCUT2D eigenvalue weighted by Crippen LogP contribution is -2.50. The van der Waals surface area contributed by atoms with E-state index in [1.54, 1.807) is 0 Å². The molecule has 3 rings (SSSR count). The van der Waals surface area contributed by atoms with E-state index in [1.165, 1.54) is 17.9 Å². The Morgan fingerprint density at radius 1 is 1.24 bits per heavy atom. The number of para-hydroxylation sites is 1. The van der Waals surface area contributed by atoms with Gasteiger partial charge in [0.05, 0.1) is 0 Å². The molecule has 1 fully saturated rings. The maximum Gasteiger partial charge on any atom is 0.242 e. The largest absolute Gasteiger partial charge is 0.358 e. The predicted molar refractivity (Wildman–Crippen MR) is 99.3 cm³/mol. The summed E-state index contributed by atoms with van der Waals surface area (Å²) >= 11 is 0. The molecule has 1 aliphatic carbocycles. The van der Waals surface area contributed by atoms with E-state index in [2.05, 4.69) is 34.7 Å². The number of fused-ring (bicyclic) bond motifs is 1. The molecule has 134 valence electrons. The minimum atomic E-state index is -0.399. The number of amides is 2. The summed E-state index contributed by atoms with van der Waals surface area (Å²) in [5.41, 5.74) is 3.51. The summed E-state index contributed by atoms with van der Waals surface area (Å²) in [6.07, 6.45) is 5.09. The van der Waals surface area contributed by atoms with Crippen molar-refractivity contribution in [1.82, 2.24) is 15.6 Å². The van der Waals surface area contributed by atoms with Crippen LogP contribution in [0.25, 0.3) is 10.9 Å². The number of aryl methyl sites for hydroxylation is 1. The van der Waals surface area contributed by atoms with Gasteiger partial charge >= 0.3 is 0 Å². The van der Waals surface area contributed by atoms with Gasteiger partial charge in [-0.2, -0.15) is 0 Å². The van der Waals surface area contributed by atoms with Gasteiger partial charge in [0.25, 0.3) is 0 Å². The smallest absolute Gasteiger partial charge is 0.242 e. The van der Waals surface area contributed by atoms with Crippen molar-refractivity contribution in [3.8, 4) is 0 Å². The van der Waals surface area contributed by atoms with Crippen molar-refractivity contribution in [3.05, 3.63) is 35.5 Å². The Bertz CT molecular complexity index is 759. The van der Waals surface area contributed by atoms with E-state index >= 15 is 0 Å². The number of hydrogen-bond acceptors (Lipinski definition) is 2. The van der Waals surface area contributed by atoms with E-state index in [-0.39, 0.29) is 17.7 Å². The Hall–Kier alpha value is -2.30. The number of hydrogen-bond donors (Lipinski definition) is 3. The number of carbonyl (C=O) groups excluding carboxylic acids is 2. The fourth-order valence-electron chi connectivity index (χ4n) is 3.98. The highest BCUT2D eigenvalue weighted by atomic mass is 16.2. The van der Waals surface area contributed by atoms with Crippen molar-refractivity contribution in [2.24, 2.45) is 5.92 Å². The lowest BCUT2D eigenvalue weighted by molar-refractivity contribution is -0.129. The minimum absolute atomic E-state index is 0.0559. The monoisotopic (exact) mass is 341 g/mol. The van der Waals surface area contributed by atoms with Crippen molar-refractivity contribution < 1.29 is 9.59 Å². The molecule has 0 saturated heterocycles. The molecular weight excluding hydrogens is 314 g/mol. The van der Waals surface area contributed by atoms with E-state index in [0.29, 0.717) is 6.54 Å².